The van der Waals surface area contributed by atoms with Crippen LogP contribution in [0.2, 0.25) is 5.02 Å². The maximum atomic E-state index is 6.13. The summed E-state index contributed by atoms with van der Waals surface area (Å²) in [5, 5.41) is 8.22. The van der Waals surface area contributed by atoms with Gasteiger partial charge in [-0.05, 0) is 25.1 Å². The third kappa shape index (κ3) is 2.35. The molecular formula is C13H14ClN3O. The molecular weight excluding hydrogens is 250 g/mol. The Morgan fingerprint density at radius 3 is 3.06 bits per heavy atom. The van der Waals surface area contributed by atoms with Crippen LogP contribution in [0.4, 0.5) is 0 Å². The molecule has 0 bridgehead atoms. The summed E-state index contributed by atoms with van der Waals surface area (Å²) in [6, 6.07) is 7.61. The summed E-state index contributed by atoms with van der Waals surface area (Å²) < 4.78 is 7.56. The van der Waals surface area contributed by atoms with Crippen molar-refractivity contribution in [2.45, 2.75) is 12.5 Å². The highest BCUT2D eigenvalue weighted by atomic mass is 35.5. The molecule has 1 atom stereocenters. The number of ether oxygens (including phenoxy) is 1. The number of halogens is 1. The number of hydrogen-bond acceptors (Lipinski definition) is 3. The van der Waals surface area contributed by atoms with E-state index in [0.717, 1.165) is 30.9 Å². The van der Waals surface area contributed by atoms with Gasteiger partial charge < -0.3 is 10.1 Å². The highest BCUT2D eigenvalue weighted by molar-refractivity contribution is 6.32. The van der Waals surface area contributed by atoms with Crippen LogP contribution in [0.3, 0.4) is 0 Å². The second-order valence-corrected chi connectivity index (χ2v) is 4.71. The standard InChI is InChI=1S/C13H14ClN3O/c14-12-3-1-2-4-13(12)17-9-11(8-16-17)18-10-5-6-15-7-10/h1-4,8-10,15H,5-7H2. The zero-order valence-corrected chi connectivity index (χ0v) is 10.6. The summed E-state index contributed by atoms with van der Waals surface area (Å²) >= 11 is 6.13. The molecule has 1 fully saturated rings. The van der Waals surface area contributed by atoms with Crippen LogP contribution in [0.1, 0.15) is 6.42 Å². The number of hydrogen-bond donors (Lipinski definition) is 1. The summed E-state index contributed by atoms with van der Waals surface area (Å²) in [6.07, 6.45) is 4.87. The van der Waals surface area contributed by atoms with Crippen LogP contribution in [-0.4, -0.2) is 29.0 Å². The van der Waals surface area contributed by atoms with E-state index in [4.69, 9.17) is 16.3 Å². The van der Waals surface area contributed by atoms with E-state index in [2.05, 4.69) is 10.4 Å². The van der Waals surface area contributed by atoms with Gasteiger partial charge in [0.05, 0.1) is 23.1 Å². The van der Waals surface area contributed by atoms with E-state index >= 15 is 0 Å². The predicted octanol–water partition coefficient (Wildman–Crippen LogP) is 2.27. The van der Waals surface area contributed by atoms with Crippen LogP contribution in [-0.2, 0) is 0 Å². The van der Waals surface area contributed by atoms with Crippen LogP contribution in [0.25, 0.3) is 5.69 Å². The van der Waals surface area contributed by atoms with Crippen LogP contribution < -0.4 is 10.1 Å². The lowest BCUT2D eigenvalue weighted by Crippen LogP contribution is -2.19. The molecule has 0 aliphatic carbocycles. The molecule has 5 heteroatoms. The third-order valence-corrected chi connectivity index (χ3v) is 3.30. The van der Waals surface area contributed by atoms with Gasteiger partial charge in [-0.1, -0.05) is 23.7 Å². The Labute approximate surface area is 111 Å². The largest absolute Gasteiger partial charge is 0.486 e. The lowest BCUT2D eigenvalue weighted by molar-refractivity contribution is 0.223. The molecule has 2 heterocycles. The predicted molar refractivity (Wildman–Crippen MR) is 70.5 cm³/mol. The molecule has 3 rings (SSSR count). The molecule has 0 spiro atoms. The smallest absolute Gasteiger partial charge is 0.158 e. The van der Waals surface area contributed by atoms with Crippen molar-refractivity contribution in [3.05, 3.63) is 41.7 Å². The first-order valence-electron chi connectivity index (χ1n) is 6.00. The lowest BCUT2D eigenvalue weighted by atomic mass is 10.3. The highest BCUT2D eigenvalue weighted by Crippen LogP contribution is 2.22. The van der Waals surface area contributed by atoms with Gasteiger partial charge in [0.1, 0.15) is 6.10 Å². The minimum atomic E-state index is 0.244. The normalized spacial score (nSPS) is 19.1. The van der Waals surface area contributed by atoms with Crippen molar-refractivity contribution in [2.24, 2.45) is 0 Å². The van der Waals surface area contributed by atoms with E-state index in [0.29, 0.717) is 5.02 Å². The minimum absolute atomic E-state index is 0.244. The van der Waals surface area contributed by atoms with Crippen molar-refractivity contribution in [3.63, 3.8) is 0 Å². The summed E-state index contributed by atoms with van der Waals surface area (Å²) in [4.78, 5) is 0. The number of nitrogens with zero attached hydrogens (tertiary/aromatic N) is 2. The van der Waals surface area contributed by atoms with Gasteiger partial charge in [0, 0.05) is 6.54 Å². The summed E-state index contributed by atoms with van der Waals surface area (Å²) in [5.74, 6) is 0.781. The molecule has 4 nitrogen and oxygen atoms in total. The Bertz CT molecular complexity index is 535. The average molecular weight is 264 g/mol. The summed E-state index contributed by atoms with van der Waals surface area (Å²) in [5.41, 5.74) is 0.860. The molecule has 1 aliphatic rings. The Morgan fingerprint density at radius 1 is 1.39 bits per heavy atom. The minimum Gasteiger partial charge on any atom is -0.486 e. The van der Waals surface area contributed by atoms with Crippen LogP contribution in [0.15, 0.2) is 36.7 Å². The van der Waals surface area contributed by atoms with Crippen molar-refractivity contribution < 1.29 is 4.74 Å². The summed E-state index contributed by atoms with van der Waals surface area (Å²) in [7, 11) is 0. The molecule has 1 N–H and O–H groups in total. The first kappa shape index (κ1) is 11.6. The molecule has 94 valence electrons. The second kappa shape index (κ2) is 5.00. The molecule has 18 heavy (non-hydrogen) atoms. The van der Waals surface area contributed by atoms with Gasteiger partial charge in [0.2, 0.25) is 0 Å². The lowest BCUT2D eigenvalue weighted by Gasteiger charge is -2.09. The van der Waals surface area contributed by atoms with E-state index in [1.165, 1.54) is 0 Å². The molecule has 1 aliphatic heterocycles. The van der Waals surface area contributed by atoms with Crippen LogP contribution in [0, 0.1) is 0 Å². The van der Waals surface area contributed by atoms with Crippen molar-refractivity contribution in [1.82, 2.24) is 15.1 Å². The molecule has 1 aromatic carbocycles. The molecule has 0 amide bonds. The number of nitrogens with one attached hydrogen (secondary N) is 1. The van der Waals surface area contributed by atoms with Crippen molar-refractivity contribution in [3.8, 4) is 11.4 Å². The first-order chi connectivity index (χ1) is 8.83. The van der Waals surface area contributed by atoms with Gasteiger partial charge in [-0.3, -0.25) is 0 Å². The van der Waals surface area contributed by atoms with Gasteiger partial charge in [0.15, 0.2) is 5.75 Å². The SMILES string of the molecule is Clc1ccccc1-n1cc(OC2CCNC2)cn1. The fourth-order valence-corrected chi connectivity index (χ4v) is 2.28. The molecule has 2 aromatic rings. The van der Waals surface area contributed by atoms with E-state index in [1.54, 1.807) is 10.9 Å². The van der Waals surface area contributed by atoms with Crippen molar-refractivity contribution in [2.75, 3.05) is 13.1 Å². The monoisotopic (exact) mass is 263 g/mol. The number of benzene rings is 1. The van der Waals surface area contributed by atoms with E-state index in [9.17, 15) is 0 Å². The zero-order chi connectivity index (χ0) is 12.4. The van der Waals surface area contributed by atoms with E-state index in [1.807, 2.05) is 30.5 Å². The Kier molecular flexibility index (Phi) is 3.21. The number of aromatic nitrogens is 2. The molecule has 1 unspecified atom stereocenters. The Morgan fingerprint density at radius 2 is 2.28 bits per heavy atom. The molecule has 0 saturated carbocycles. The maximum Gasteiger partial charge on any atom is 0.158 e. The molecule has 1 saturated heterocycles. The topological polar surface area (TPSA) is 39.1 Å². The highest BCUT2D eigenvalue weighted by Gasteiger charge is 2.16. The second-order valence-electron chi connectivity index (χ2n) is 4.30. The van der Waals surface area contributed by atoms with E-state index < -0.39 is 0 Å². The van der Waals surface area contributed by atoms with Crippen LogP contribution in [0.5, 0.6) is 5.75 Å². The molecule has 0 radical (unpaired) electrons. The van der Waals surface area contributed by atoms with Gasteiger partial charge in [-0.2, -0.15) is 5.10 Å². The first-order valence-corrected chi connectivity index (χ1v) is 6.38. The van der Waals surface area contributed by atoms with Gasteiger partial charge >= 0.3 is 0 Å². The fraction of sp³-hybridized carbons (Fsp3) is 0.308. The van der Waals surface area contributed by atoms with Gasteiger partial charge in [-0.15, -0.1) is 0 Å². The Hall–Kier alpha value is -1.52. The quantitative estimate of drug-likeness (QED) is 0.923. The van der Waals surface area contributed by atoms with Crippen molar-refractivity contribution in [1.29, 1.82) is 0 Å². The number of para-hydroxylation sites is 1. The van der Waals surface area contributed by atoms with Crippen LogP contribution >= 0.6 is 11.6 Å². The molecule has 1 aromatic heterocycles. The van der Waals surface area contributed by atoms with Crippen molar-refractivity contribution >= 4 is 11.6 Å². The zero-order valence-electron chi connectivity index (χ0n) is 9.84. The Balaban J connectivity index is 1.79. The fourth-order valence-electron chi connectivity index (χ4n) is 2.06. The maximum absolute atomic E-state index is 6.13. The third-order valence-electron chi connectivity index (χ3n) is 2.98. The average Bonchev–Trinajstić information content (AvgIpc) is 3.02. The van der Waals surface area contributed by atoms with Gasteiger partial charge in [-0.25, -0.2) is 4.68 Å². The van der Waals surface area contributed by atoms with Gasteiger partial charge in [0.25, 0.3) is 0 Å². The number of rotatable bonds is 3. The van der Waals surface area contributed by atoms with E-state index in [-0.39, 0.29) is 6.10 Å². The summed E-state index contributed by atoms with van der Waals surface area (Å²) in [6.45, 7) is 1.92.